The minimum Gasteiger partial charge on any atom is -0.447 e. The third kappa shape index (κ3) is 3.60. The van der Waals surface area contributed by atoms with E-state index in [4.69, 9.17) is 4.74 Å². The summed E-state index contributed by atoms with van der Waals surface area (Å²) in [5.74, 6) is 0. The average molecular weight is 259 g/mol. The molecule has 1 aromatic rings. The Morgan fingerprint density at radius 2 is 2.11 bits per heavy atom. The number of benzene rings is 1. The second-order valence-corrected chi connectivity index (χ2v) is 4.79. The van der Waals surface area contributed by atoms with E-state index in [9.17, 15) is 4.79 Å². The fraction of sp³-hybridized carbons (Fsp3) is 0.438. The number of ether oxygens (including phenoxy) is 1. The van der Waals surface area contributed by atoms with E-state index >= 15 is 0 Å². The zero-order valence-electron chi connectivity index (χ0n) is 11.4. The van der Waals surface area contributed by atoms with Gasteiger partial charge in [-0.25, -0.2) is 4.79 Å². The Morgan fingerprint density at radius 1 is 1.32 bits per heavy atom. The van der Waals surface area contributed by atoms with Crippen molar-refractivity contribution in [3.8, 4) is 0 Å². The number of rotatable bonds is 6. The molecule has 1 aliphatic heterocycles. The van der Waals surface area contributed by atoms with Crippen LogP contribution < -0.4 is 0 Å². The molecule has 3 heteroatoms. The Bertz CT molecular complexity index is 428. The van der Waals surface area contributed by atoms with Gasteiger partial charge in [0.05, 0.1) is 6.04 Å². The topological polar surface area (TPSA) is 29.5 Å². The molecule has 2 rings (SSSR count). The number of carbonyl (C=O) groups is 1. The van der Waals surface area contributed by atoms with Crippen LogP contribution in [0, 0.1) is 0 Å². The molecule has 0 N–H and O–H groups in total. The van der Waals surface area contributed by atoms with Crippen LogP contribution in [-0.4, -0.2) is 17.6 Å². The van der Waals surface area contributed by atoms with E-state index in [2.05, 4.69) is 13.0 Å². The first kappa shape index (κ1) is 13.7. The van der Waals surface area contributed by atoms with Crippen molar-refractivity contribution in [3.63, 3.8) is 0 Å². The van der Waals surface area contributed by atoms with Crippen molar-refractivity contribution in [2.75, 3.05) is 6.61 Å². The number of carbonyl (C=O) groups excluding carboxylic acids is 1. The molecule has 1 amide bonds. The lowest BCUT2D eigenvalue weighted by Crippen LogP contribution is -2.21. The average Bonchev–Trinajstić information content (AvgIpc) is 2.81. The van der Waals surface area contributed by atoms with Crippen LogP contribution in [0.2, 0.25) is 0 Å². The summed E-state index contributed by atoms with van der Waals surface area (Å²) in [7, 11) is 0. The minimum absolute atomic E-state index is 0.0103. The largest absolute Gasteiger partial charge is 0.447 e. The van der Waals surface area contributed by atoms with E-state index in [1.54, 1.807) is 4.90 Å². The number of allylic oxidation sites excluding steroid dienone is 1. The third-order valence-electron chi connectivity index (χ3n) is 3.34. The second kappa shape index (κ2) is 6.98. The van der Waals surface area contributed by atoms with E-state index in [1.165, 1.54) is 19.3 Å². The van der Waals surface area contributed by atoms with Gasteiger partial charge >= 0.3 is 6.09 Å². The van der Waals surface area contributed by atoms with Crippen LogP contribution in [0.15, 0.2) is 42.6 Å². The highest BCUT2D eigenvalue weighted by atomic mass is 16.6. The molecule has 1 atom stereocenters. The Kier molecular flexibility index (Phi) is 5.01. The predicted octanol–water partition coefficient (Wildman–Crippen LogP) is 4.27. The first-order valence-electron chi connectivity index (χ1n) is 6.99. The normalized spacial score (nSPS) is 19.1. The van der Waals surface area contributed by atoms with Gasteiger partial charge in [-0.1, -0.05) is 56.2 Å². The molecule has 0 bridgehead atoms. The zero-order chi connectivity index (χ0) is 13.5. The van der Waals surface area contributed by atoms with Gasteiger partial charge in [0.2, 0.25) is 0 Å². The fourth-order valence-electron chi connectivity index (χ4n) is 2.23. The molecule has 1 aromatic carbocycles. The molecular formula is C16H21NO2. The summed E-state index contributed by atoms with van der Waals surface area (Å²) in [4.78, 5) is 13.4. The summed E-state index contributed by atoms with van der Waals surface area (Å²) in [6, 6.07) is 10.0. The molecule has 1 heterocycles. The van der Waals surface area contributed by atoms with Gasteiger partial charge < -0.3 is 4.74 Å². The summed E-state index contributed by atoms with van der Waals surface area (Å²) in [5, 5.41) is 0. The molecule has 0 unspecified atom stereocenters. The summed E-state index contributed by atoms with van der Waals surface area (Å²) >= 11 is 0. The number of nitrogens with zero attached hydrogens (tertiary/aromatic N) is 1. The van der Waals surface area contributed by atoms with Crippen molar-refractivity contribution < 1.29 is 9.53 Å². The van der Waals surface area contributed by atoms with Crippen LogP contribution in [-0.2, 0) is 4.74 Å². The molecule has 0 saturated carbocycles. The van der Waals surface area contributed by atoms with Crippen molar-refractivity contribution in [1.82, 2.24) is 4.90 Å². The van der Waals surface area contributed by atoms with Gasteiger partial charge in [-0.05, 0) is 18.4 Å². The standard InChI is InChI=1S/C16H21NO2/c1-2-3-4-5-9-12-17-15(13-19-16(17)18)14-10-7-6-8-11-14/h6-12,15H,2-5,13H2,1H3/b12-9+/t15-/m0/s1. The molecule has 102 valence electrons. The predicted molar refractivity (Wildman–Crippen MR) is 75.7 cm³/mol. The maximum Gasteiger partial charge on any atom is 0.414 e. The van der Waals surface area contributed by atoms with Crippen LogP contribution >= 0.6 is 0 Å². The molecule has 0 aliphatic carbocycles. The number of amides is 1. The van der Waals surface area contributed by atoms with Gasteiger partial charge in [0.25, 0.3) is 0 Å². The fourth-order valence-corrected chi connectivity index (χ4v) is 2.23. The van der Waals surface area contributed by atoms with Crippen molar-refractivity contribution in [2.45, 2.75) is 38.6 Å². The van der Waals surface area contributed by atoms with E-state index in [-0.39, 0.29) is 12.1 Å². The van der Waals surface area contributed by atoms with Gasteiger partial charge in [-0.3, -0.25) is 4.90 Å². The Morgan fingerprint density at radius 3 is 2.84 bits per heavy atom. The number of cyclic esters (lactones) is 1. The van der Waals surface area contributed by atoms with Gasteiger partial charge in [-0.15, -0.1) is 0 Å². The quantitative estimate of drug-likeness (QED) is 0.714. The lowest BCUT2D eigenvalue weighted by atomic mass is 10.1. The monoisotopic (exact) mass is 259 g/mol. The van der Waals surface area contributed by atoms with Gasteiger partial charge in [-0.2, -0.15) is 0 Å². The minimum atomic E-state index is -0.249. The van der Waals surface area contributed by atoms with E-state index in [1.807, 2.05) is 36.5 Å². The lowest BCUT2D eigenvalue weighted by Gasteiger charge is -2.17. The van der Waals surface area contributed by atoms with E-state index < -0.39 is 0 Å². The van der Waals surface area contributed by atoms with Gasteiger partial charge in [0.1, 0.15) is 6.61 Å². The lowest BCUT2D eigenvalue weighted by molar-refractivity contribution is 0.166. The zero-order valence-corrected chi connectivity index (χ0v) is 11.4. The smallest absolute Gasteiger partial charge is 0.414 e. The van der Waals surface area contributed by atoms with Crippen molar-refractivity contribution in [3.05, 3.63) is 48.2 Å². The van der Waals surface area contributed by atoms with E-state index in [0.29, 0.717) is 6.61 Å². The molecule has 1 saturated heterocycles. The Hall–Kier alpha value is -1.77. The van der Waals surface area contributed by atoms with Crippen molar-refractivity contribution in [2.24, 2.45) is 0 Å². The van der Waals surface area contributed by atoms with Crippen LogP contribution in [0.4, 0.5) is 4.79 Å². The number of hydrogen-bond acceptors (Lipinski definition) is 2. The Labute approximate surface area is 114 Å². The highest BCUT2D eigenvalue weighted by Crippen LogP contribution is 2.27. The number of hydrogen-bond donors (Lipinski definition) is 0. The molecule has 0 spiro atoms. The van der Waals surface area contributed by atoms with Crippen LogP contribution in [0.3, 0.4) is 0 Å². The molecular weight excluding hydrogens is 238 g/mol. The second-order valence-electron chi connectivity index (χ2n) is 4.79. The number of unbranched alkanes of at least 4 members (excludes halogenated alkanes) is 3. The SMILES string of the molecule is CCCCC/C=C/N1C(=O)OC[C@H]1c1ccccc1. The van der Waals surface area contributed by atoms with Gasteiger partial charge in [0, 0.05) is 6.20 Å². The molecule has 19 heavy (non-hydrogen) atoms. The summed E-state index contributed by atoms with van der Waals surface area (Å²) in [5.41, 5.74) is 1.12. The van der Waals surface area contributed by atoms with Crippen LogP contribution in [0.5, 0.6) is 0 Å². The highest BCUT2D eigenvalue weighted by molar-refractivity contribution is 5.71. The maximum absolute atomic E-state index is 11.7. The van der Waals surface area contributed by atoms with Crippen LogP contribution in [0.25, 0.3) is 0 Å². The Balaban J connectivity index is 1.98. The molecule has 1 aliphatic rings. The van der Waals surface area contributed by atoms with Crippen molar-refractivity contribution in [1.29, 1.82) is 0 Å². The summed E-state index contributed by atoms with van der Waals surface area (Å²) in [6.45, 7) is 2.62. The van der Waals surface area contributed by atoms with Crippen molar-refractivity contribution >= 4 is 6.09 Å². The molecule has 0 radical (unpaired) electrons. The first-order chi connectivity index (χ1) is 9.33. The summed E-state index contributed by atoms with van der Waals surface area (Å²) < 4.78 is 5.15. The molecule has 0 aromatic heterocycles. The maximum atomic E-state index is 11.7. The highest BCUT2D eigenvalue weighted by Gasteiger charge is 2.32. The molecule has 1 fully saturated rings. The summed E-state index contributed by atoms with van der Waals surface area (Å²) in [6.07, 6.45) is 8.33. The third-order valence-corrected chi connectivity index (χ3v) is 3.34. The van der Waals surface area contributed by atoms with Crippen LogP contribution in [0.1, 0.15) is 44.2 Å². The van der Waals surface area contributed by atoms with Gasteiger partial charge in [0.15, 0.2) is 0 Å². The molecule has 3 nitrogen and oxygen atoms in total. The first-order valence-corrected chi connectivity index (χ1v) is 6.99. The van der Waals surface area contributed by atoms with E-state index in [0.717, 1.165) is 12.0 Å².